The second-order valence-corrected chi connectivity index (χ2v) is 5.36. The summed E-state index contributed by atoms with van der Waals surface area (Å²) in [6.45, 7) is 1.86. The minimum absolute atomic E-state index is 0.467. The van der Waals surface area contributed by atoms with Crippen molar-refractivity contribution in [2.45, 2.75) is 18.9 Å². The maximum Gasteiger partial charge on any atom is 0.227 e. The van der Waals surface area contributed by atoms with Crippen LogP contribution in [0, 0.1) is 0 Å². The zero-order chi connectivity index (χ0) is 14.2. The van der Waals surface area contributed by atoms with E-state index in [0.717, 1.165) is 43.0 Å². The standard InChI is InChI=1S/C13H16N8/c1-19-7-15-12-11(19)6-14-13(18-12)20-4-2-10(3-5-20)21-8-16-17-9-21/h6-10H,2-5H2,1H3. The number of nitrogens with zero attached hydrogens (tertiary/aromatic N) is 8. The van der Waals surface area contributed by atoms with Crippen LogP contribution in [-0.4, -0.2) is 47.4 Å². The van der Waals surface area contributed by atoms with E-state index < -0.39 is 0 Å². The van der Waals surface area contributed by atoms with E-state index >= 15 is 0 Å². The second-order valence-electron chi connectivity index (χ2n) is 5.36. The molecule has 3 aromatic heterocycles. The first-order valence-electron chi connectivity index (χ1n) is 7.04. The first-order chi connectivity index (χ1) is 10.3. The van der Waals surface area contributed by atoms with Crippen LogP contribution >= 0.6 is 0 Å². The fraction of sp³-hybridized carbons (Fsp3) is 0.462. The Morgan fingerprint density at radius 3 is 2.57 bits per heavy atom. The Labute approximate surface area is 121 Å². The summed E-state index contributed by atoms with van der Waals surface area (Å²) in [6.07, 6.45) is 9.27. The van der Waals surface area contributed by atoms with Crippen molar-refractivity contribution in [3.8, 4) is 0 Å². The van der Waals surface area contributed by atoms with Gasteiger partial charge in [0.15, 0.2) is 5.65 Å². The number of aryl methyl sites for hydroxylation is 1. The lowest BCUT2D eigenvalue weighted by atomic mass is 10.1. The summed E-state index contributed by atoms with van der Waals surface area (Å²) >= 11 is 0. The molecule has 3 aromatic rings. The maximum absolute atomic E-state index is 4.56. The van der Waals surface area contributed by atoms with Crippen molar-refractivity contribution in [3.63, 3.8) is 0 Å². The number of aromatic nitrogens is 7. The Hall–Kier alpha value is -2.51. The molecule has 0 radical (unpaired) electrons. The van der Waals surface area contributed by atoms with Gasteiger partial charge in [0.05, 0.1) is 12.5 Å². The summed E-state index contributed by atoms with van der Waals surface area (Å²) in [5, 5.41) is 7.75. The molecule has 8 heteroatoms. The number of hydrogen-bond acceptors (Lipinski definition) is 6. The minimum Gasteiger partial charge on any atom is -0.341 e. The van der Waals surface area contributed by atoms with E-state index in [4.69, 9.17) is 0 Å². The molecular weight excluding hydrogens is 268 g/mol. The highest BCUT2D eigenvalue weighted by Gasteiger charge is 2.22. The lowest BCUT2D eigenvalue weighted by Gasteiger charge is -2.32. The van der Waals surface area contributed by atoms with Gasteiger partial charge in [-0.2, -0.15) is 4.98 Å². The number of anilines is 1. The SMILES string of the molecule is Cn1cnc2nc(N3CCC(n4cnnc4)CC3)ncc21. The van der Waals surface area contributed by atoms with E-state index in [1.165, 1.54) is 0 Å². The number of imidazole rings is 1. The third kappa shape index (κ3) is 2.12. The van der Waals surface area contributed by atoms with Gasteiger partial charge in [-0.15, -0.1) is 10.2 Å². The fourth-order valence-electron chi connectivity index (χ4n) is 2.82. The number of piperidine rings is 1. The van der Waals surface area contributed by atoms with Crippen LogP contribution in [0.5, 0.6) is 0 Å². The molecule has 0 saturated carbocycles. The van der Waals surface area contributed by atoms with Crippen LogP contribution in [-0.2, 0) is 7.05 Å². The van der Waals surface area contributed by atoms with Crippen molar-refractivity contribution in [2.75, 3.05) is 18.0 Å². The van der Waals surface area contributed by atoms with Crippen LogP contribution in [0.2, 0.25) is 0 Å². The van der Waals surface area contributed by atoms with E-state index in [-0.39, 0.29) is 0 Å². The highest BCUT2D eigenvalue weighted by molar-refractivity contribution is 5.70. The summed E-state index contributed by atoms with van der Waals surface area (Å²) in [5.74, 6) is 0.767. The van der Waals surface area contributed by atoms with Gasteiger partial charge in [0, 0.05) is 26.2 Å². The summed E-state index contributed by atoms with van der Waals surface area (Å²) < 4.78 is 4.01. The Bertz CT molecular complexity index is 739. The molecule has 0 N–H and O–H groups in total. The topological polar surface area (TPSA) is 77.5 Å². The first kappa shape index (κ1) is 12.2. The lowest BCUT2D eigenvalue weighted by Crippen LogP contribution is -2.35. The number of rotatable bonds is 2. The summed E-state index contributed by atoms with van der Waals surface area (Å²) in [4.78, 5) is 15.5. The Kier molecular flexibility index (Phi) is 2.80. The monoisotopic (exact) mass is 284 g/mol. The quantitative estimate of drug-likeness (QED) is 0.692. The van der Waals surface area contributed by atoms with Gasteiger partial charge in [-0.1, -0.05) is 0 Å². The van der Waals surface area contributed by atoms with Crippen LogP contribution in [0.15, 0.2) is 25.2 Å². The van der Waals surface area contributed by atoms with Gasteiger partial charge < -0.3 is 14.0 Å². The molecule has 1 aliphatic heterocycles. The van der Waals surface area contributed by atoms with Crippen molar-refractivity contribution in [1.29, 1.82) is 0 Å². The average molecular weight is 284 g/mol. The molecule has 8 nitrogen and oxygen atoms in total. The molecule has 0 aromatic carbocycles. The highest BCUT2D eigenvalue weighted by Crippen LogP contribution is 2.24. The molecule has 0 amide bonds. The van der Waals surface area contributed by atoms with Gasteiger partial charge in [-0.05, 0) is 12.8 Å². The van der Waals surface area contributed by atoms with Gasteiger partial charge >= 0.3 is 0 Å². The number of hydrogen-bond donors (Lipinski definition) is 0. The zero-order valence-corrected chi connectivity index (χ0v) is 11.8. The molecule has 4 rings (SSSR count). The van der Waals surface area contributed by atoms with E-state index in [9.17, 15) is 0 Å². The van der Waals surface area contributed by atoms with Crippen LogP contribution in [0.25, 0.3) is 11.2 Å². The normalized spacial score (nSPS) is 16.7. The molecule has 0 aliphatic carbocycles. The summed E-state index contributed by atoms with van der Waals surface area (Å²) in [5.41, 5.74) is 1.71. The van der Waals surface area contributed by atoms with Crippen LogP contribution in [0.4, 0.5) is 5.95 Å². The van der Waals surface area contributed by atoms with E-state index in [1.807, 2.05) is 17.8 Å². The summed E-state index contributed by atoms with van der Waals surface area (Å²) in [7, 11) is 1.95. The van der Waals surface area contributed by atoms with E-state index in [0.29, 0.717) is 6.04 Å². The summed E-state index contributed by atoms with van der Waals surface area (Å²) in [6, 6.07) is 0.467. The fourth-order valence-corrected chi connectivity index (χ4v) is 2.82. The molecule has 108 valence electrons. The van der Waals surface area contributed by atoms with Gasteiger partial charge in [0.2, 0.25) is 5.95 Å². The molecule has 0 spiro atoms. The van der Waals surface area contributed by atoms with Gasteiger partial charge in [0.25, 0.3) is 0 Å². The molecule has 1 aliphatic rings. The molecule has 21 heavy (non-hydrogen) atoms. The molecule has 1 saturated heterocycles. The van der Waals surface area contributed by atoms with Crippen LogP contribution < -0.4 is 4.90 Å². The average Bonchev–Trinajstić information content (AvgIpc) is 3.18. The Morgan fingerprint density at radius 1 is 1.05 bits per heavy atom. The van der Waals surface area contributed by atoms with Crippen molar-refractivity contribution >= 4 is 17.1 Å². The lowest BCUT2D eigenvalue weighted by molar-refractivity contribution is 0.392. The predicted molar refractivity (Wildman–Crippen MR) is 76.8 cm³/mol. The molecular formula is C13H16N8. The third-order valence-electron chi connectivity index (χ3n) is 4.08. The van der Waals surface area contributed by atoms with Crippen molar-refractivity contribution < 1.29 is 0 Å². The zero-order valence-electron chi connectivity index (χ0n) is 11.8. The van der Waals surface area contributed by atoms with Gasteiger partial charge in [-0.25, -0.2) is 9.97 Å². The number of fused-ring (bicyclic) bond motifs is 1. The van der Waals surface area contributed by atoms with Gasteiger partial charge in [0.1, 0.15) is 18.2 Å². The second kappa shape index (κ2) is 4.80. The van der Waals surface area contributed by atoms with Crippen LogP contribution in [0.1, 0.15) is 18.9 Å². The highest BCUT2D eigenvalue weighted by atomic mass is 15.3. The third-order valence-corrected chi connectivity index (χ3v) is 4.08. The Morgan fingerprint density at radius 2 is 1.81 bits per heavy atom. The smallest absolute Gasteiger partial charge is 0.227 e. The molecule has 1 fully saturated rings. The van der Waals surface area contributed by atoms with E-state index in [1.54, 1.807) is 19.0 Å². The van der Waals surface area contributed by atoms with Crippen molar-refractivity contribution in [1.82, 2.24) is 34.3 Å². The van der Waals surface area contributed by atoms with Crippen LogP contribution in [0.3, 0.4) is 0 Å². The first-order valence-corrected chi connectivity index (χ1v) is 7.04. The van der Waals surface area contributed by atoms with Crippen molar-refractivity contribution in [3.05, 3.63) is 25.2 Å². The molecule has 0 bridgehead atoms. The maximum atomic E-state index is 4.56. The van der Waals surface area contributed by atoms with Gasteiger partial charge in [-0.3, -0.25) is 0 Å². The van der Waals surface area contributed by atoms with E-state index in [2.05, 4.69) is 34.6 Å². The largest absolute Gasteiger partial charge is 0.341 e. The molecule has 0 atom stereocenters. The predicted octanol–water partition coefficient (Wildman–Crippen LogP) is 0.796. The molecule has 4 heterocycles. The van der Waals surface area contributed by atoms with Crippen molar-refractivity contribution in [2.24, 2.45) is 7.05 Å². The molecule has 0 unspecified atom stereocenters. The minimum atomic E-state index is 0.467. The Balaban J connectivity index is 1.52.